The van der Waals surface area contributed by atoms with E-state index in [9.17, 15) is 9.59 Å². The fourth-order valence-corrected chi connectivity index (χ4v) is 3.97. The number of nitrogens with zero attached hydrogens (tertiary/aromatic N) is 1. The van der Waals surface area contributed by atoms with E-state index in [1.165, 1.54) is 11.3 Å². The SMILES string of the molecule is CC1CN(C(=O)c2cc3ccccc3s2)CCC1C(=O)O. The lowest BCUT2D eigenvalue weighted by atomic mass is 9.87. The summed E-state index contributed by atoms with van der Waals surface area (Å²) in [5.41, 5.74) is 0. The van der Waals surface area contributed by atoms with Crippen molar-refractivity contribution in [1.29, 1.82) is 0 Å². The van der Waals surface area contributed by atoms with E-state index in [0.29, 0.717) is 19.5 Å². The maximum atomic E-state index is 12.6. The molecule has 2 atom stereocenters. The van der Waals surface area contributed by atoms with Gasteiger partial charge in [-0.1, -0.05) is 25.1 Å². The molecule has 1 aliphatic rings. The van der Waals surface area contributed by atoms with Crippen molar-refractivity contribution in [2.24, 2.45) is 11.8 Å². The molecule has 2 heterocycles. The van der Waals surface area contributed by atoms with Gasteiger partial charge in [0.15, 0.2) is 0 Å². The third-order valence-corrected chi connectivity index (χ3v) is 5.25. The van der Waals surface area contributed by atoms with Crippen molar-refractivity contribution in [1.82, 2.24) is 4.90 Å². The summed E-state index contributed by atoms with van der Waals surface area (Å²) in [5, 5.41) is 10.2. The predicted molar refractivity (Wildman–Crippen MR) is 82.6 cm³/mol. The molecule has 1 saturated heterocycles. The van der Waals surface area contributed by atoms with Crippen molar-refractivity contribution in [2.75, 3.05) is 13.1 Å². The first-order chi connectivity index (χ1) is 10.1. The monoisotopic (exact) mass is 303 g/mol. The lowest BCUT2D eigenvalue weighted by molar-refractivity contribution is -0.145. The average Bonchev–Trinajstić information content (AvgIpc) is 2.89. The number of hydrogen-bond acceptors (Lipinski definition) is 3. The Morgan fingerprint density at radius 3 is 2.76 bits per heavy atom. The first kappa shape index (κ1) is 14.1. The van der Waals surface area contributed by atoms with Gasteiger partial charge in [-0.05, 0) is 29.9 Å². The Hall–Kier alpha value is -1.88. The van der Waals surface area contributed by atoms with E-state index < -0.39 is 5.97 Å². The van der Waals surface area contributed by atoms with Crippen molar-refractivity contribution in [3.05, 3.63) is 35.2 Å². The van der Waals surface area contributed by atoms with E-state index in [1.54, 1.807) is 4.90 Å². The van der Waals surface area contributed by atoms with Crippen LogP contribution in [0.4, 0.5) is 0 Å². The van der Waals surface area contributed by atoms with Crippen LogP contribution in [0, 0.1) is 11.8 Å². The molecule has 3 rings (SSSR count). The molecule has 0 bridgehead atoms. The smallest absolute Gasteiger partial charge is 0.306 e. The minimum atomic E-state index is -0.753. The predicted octanol–water partition coefficient (Wildman–Crippen LogP) is 3.08. The van der Waals surface area contributed by atoms with Crippen molar-refractivity contribution < 1.29 is 14.7 Å². The van der Waals surface area contributed by atoms with Gasteiger partial charge in [-0.3, -0.25) is 9.59 Å². The van der Waals surface area contributed by atoms with E-state index in [4.69, 9.17) is 5.11 Å². The molecule has 1 aliphatic heterocycles. The van der Waals surface area contributed by atoms with Crippen molar-refractivity contribution >= 4 is 33.3 Å². The molecule has 110 valence electrons. The lowest BCUT2D eigenvalue weighted by Gasteiger charge is -2.34. The van der Waals surface area contributed by atoms with Crippen molar-refractivity contribution in [3.63, 3.8) is 0 Å². The highest BCUT2D eigenvalue weighted by Crippen LogP contribution is 2.29. The number of fused-ring (bicyclic) bond motifs is 1. The van der Waals surface area contributed by atoms with Crippen LogP contribution in [0.5, 0.6) is 0 Å². The highest BCUT2D eigenvalue weighted by atomic mass is 32.1. The second-order valence-electron chi connectivity index (χ2n) is 5.61. The van der Waals surface area contributed by atoms with Crippen LogP contribution in [0.3, 0.4) is 0 Å². The molecule has 1 fully saturated rings. The number of aliphatic carboxylic acids is 1. The van der Waals surface area contributed by atoms with Gasteiger partial charge in [0.05, 0.1) is 10.8 Å². The standard InChI is InChI=1S/C16H17NO3S/c1-10-9-17(7-6-12(10)16(19)20)15(18)14-8-11-4-2-3-5-13(11)21-14/h2-5,8,10,12H,6-7,9H2,1H3,(H,19,20). The van der Waals surface area contributed by atoms with E-state index in [-0.39, 0.29) is 17.7 Å². The van der Waals surface area contributed by atoms with Crippen LogP contribution in [0.2, 0.25) is 0 Å². The van der Waals surface area contributed by atoms with Gasteiger partial charge < -0.3 is 10.0 Å². The molecule has 1 N–H and O–H groups in total. The Morgan fingerprint density at radius 1 is 1.33 bits per heavy atom. The Kier molecular flexibility index (Phi) is 3.68. The molecule has 2 unspecified atom stereocenters. The molecule has 0 spiro atoms. The van der Waals surface area contributed by atoms with Crippen LogP contribution in [-0.2, 0) is 4.79 Å². The van der Waals surface area contributed by atoms with Gasteiger partial charge >= 0.3 is 5.97 Å². The summed E-state index contributed by atoms with van der Waals surface area (Å²) in [4.78, 5) is 26.2. The molecule has 0 aliphatic carbocycles. The fourth-order valence-electron chi connectivity index (χ4n) is 2.94. The summed E-state index contributed by atoms with van der Waals surface area (Å²) in [7, 11) is 0. The summed E-state index contributed by atoms with van der Waals surface area (Å²) in [6.45, 7) is 2.95. The maximum absolute atomic E-state index is 12.6. The molecule has 1 aromatic carbocycles. The number of carboxylic acid groups (broad SMARTS) is 1. The van der Waals surface area contributed by atoms with Crippen LogP contribution < -0.4 is 0 Å². The first-order valence-electron chi connectivity index (χ1n) is 7.07. The topological polar surface area (TPSA) is 57.6 Å². The largest absolute Gasteiger partial charge is 0.481 e. The van der Waals surface area contributed by atoms with Crippen LogP contribution in [0.25, 0.3) is 10.1 Å². The quantitative estimate of drug-likeness (QED) is 0.927. The van der Waals surface area contributed by atoms with Crippen molar-refractivity contribution in [2.45, 2.75) is 13.3 Å². The molecular formula is C16H17NO3S. The normalized spacial score (nSPS) is 22.4. The molecule has 2 aromatic rings. The minimum Gasteiger partial charge on any atom is -0.481 e. The van der Waals surface area contributed by atoms with Crippen LogP contribution in [-0.4, -0.2) is 35.0 Å². The summed E-state index contributed by atoms with van der Waals surface area (Å²) < 4.78 is 1.11. The molecule has 1 aromatic heterocycles. The second kappa shape index (κ2) is 5.48. The maximum Gasteiger partial charge on any atom is 0.306 e. The van der Waals surface area contributed by atoms with Gasteiger partial charge in [-0.25, -0.2) is 0 Å². The Balaban J connectivity index is 1.78. The first-order valence-corrected chi connectivity index (χ1v) is 7.88. The number of thiophene rings is 1. The summed E-state index contributed by atoms with van der Waals surface area (Å²) in [5.74, 6) is -1.07. The van der Waals surface area contributed by atoms with Gasteiger partial charge in [-0.2, -0.15) is 0 Å². The highest BCUT2D eigenvalue weighted by molar-refractivity contribution is 7.20. The van der Waals surface area contributed by atoms with E-state index in [0.717, 1.165) is 15.0 Å². The zero-order chi connectivity index (χ0) is 15.0. The minimum absolute atomic E-state index is 0.00502. The number of carbonyl (C=O) groups excluding carboxylic acids is 1. The molecule has 5 heteroatoms. The van der Waals surface area contributed by atoms with E-state index >= 15 is 0 Å². The number of amides is 1. The third kappa shape index (κ3) is 2.65. The van der Waals surface area contributed by atoms with Crippen LogP contribution in [0.1, 0.15) is 23.0 Å². The number of benzene rings is 1. The molecule has 0 radical (unpaired) electrons. The van der Waals surface area contributed by atoms with E-state index in [1.807, 2.05) is 37.3 Å². The summed E-state index contributed by atoms with van der Waals surface area (Å²) in [6.07, 6.45) is 0.535. The molecule has 1 amide bonds. The molecule has 0 saturated carbocycles. The summed E-state index contributed by atoms with van der Waals surface area (Å²) >= 11 is 1.50. The number of carbonyl (C=O) groups is 2. The number of likely N-dealkylation sites (tertiary alicyclic amines) is 1. The number of hydrogen-bond donors (Lipinski definition) is 1. The van der Waals surface area contributed by atoms with Crippen molar-refractivity contribution in [3.8, 4) is 0 Å². The fraction of sp³-hybridized carbons (Fsp3) is 0.375. The lowest BCUT2D eigenvalue weighted by Crippen LogP contribution is -2.44. The van der Waals surface area contributed by atoms with Crippen LogP contribution >= 0.6 is 11.3 Å². The average molecular weight is 303 g/mol. The van der Waals surface area contributed by atoms with Gasteiger partial charge in [-0.15, -0.1) is 11.3 Å². The van der Waals surface area contributed by atoms with Gasteiger partial charge in [0.2, 0.25) is 0 Å². The van der Waals surface area contributed by atoms with Crippen LogP contribution in [0.15, 0.2) is 30.3 Å². The zero-order valence-electron chi connectivity index (χ0n) is 11.8. The Bertz CT molecular complexity index is 661. The van der Waals surface area contributed by atoms with Gasteiger partial charge in [0.1, 0.15) is 0 Å². The van der Waals surface area contributed by atoms with Gasteiger partial charge in [0, 0.05) is 17.8 Å². The molecule has 21 heavy (non-hydrogen) atoms. The molecular weight excluding hydrogens is 286 g/mol. The zero-order valence-corrected chi connectivity index (χ0v) is 12.6. The van der Waals surface area contributed by atoms with Gasteiger partial charge in [0.25, 0.3) is 5.91 Å². The molecule has 4 nitrogen and oxygen atoms in total. The second-order valence-corrected chi connectivity index (χ2v) is 6.69. The highest BCUT2D eigenvalue weighted by Gasteiger charge is 2.33. The number of piperidine rings is 1. The summed E-state index contributed by atoms with van der Waals surface area (Å²) in [6, 6.07) is 9.87. The number of rotatable bonds is 2. The van der Waals surface area contributed by atoms with E-state index in [2.05, 4.69) is 0 Å². The Labute approximate surface area is 127 Å². The number of carboxylic acids is 1. The third-order valence-electron chi connectivity index (χ3n) is 4.15. The Morgan fingerprint density at radius 2 is 2.10 bits per heavy atom.